The number of nitrogens with zero attached hydrogens (tertiary/aromatic N) is 1. The van der Waals surface area contributed by atoms with E-state index in [-0.39, 0.29) is 14.9 Å². The first-order valence-electron chi connectivity index (χ1n) is 9.17. The lowest BCUT2D eigenvalue weighted by atomic mass is 10.2. The standard InChI is InChI=1S/C21H19ClN2O4S2/c1-3-27-16-10-9-13(11-17(16)28-4-2)12-18-20(26)24(21(29)30-18)23-19(25)14-7-5-6-8-15(14)22/h5-12H,3-4H2,1-2H3,(H,23,25)/b18-12-. The van der Waals surface area contributed by atoms with Crippen molar-refractivity contribution in [1.82, 2.24) is 10.4 Å². The third-order valence-corrected chi connectivity index (χ3v) is 5.62. The fraction of sp³-hybridized carbons (Fsp3) is 0.190. The van der Waals surface area contributed by atoms with Crippen molar-refractivity contribution in [2.24, 2.45) is 0 Å². The molecule has 1 fully saturated rings. The van der Waals surface area contributed by atoms with Crippen LogP contribution in [0.25, 0.3) is 6.08 Å². The van der Waals surface area contributed by atoms with Crippen molar-refractivity contribution < 1.29 is 19.1 Å². The molecule has 1 saturated heterocycles. The molecule has 0 unspecified atom stereocenters. The number of ether oxygens (including phenoxy) is 2. The van der Waals surface area contributed by atoms with Gasteiger partial charge < -0.3 is 9.47 Å². The zero-order valence-electron chi connectivity index (χ0n) is 16.3. The predicted molar refractivity (Wildman–Crippen MR) is 123 cm³/mol. The van der Waals surface area contributed by atoms with Gasteiger partial charge in [-0.2, -0.15) is 5.01 Å². The van der Waals surface area contributed by atoms with Crippen LogP contribution in [0.5, 0.6) is 11.5 Å². The highest BCUT2D eigenvalue weighted by Crippen LogP contribution is 2.34. The highest BCUT2D eigenvalue weighted by molar-refractivity contribution is 8.26. The smallest absolute Gasteiger partial charge is 0.285 e. The van der Waals surface area contributed by atoms with Crippen LogP contribution in [0.15, 0.2) is 47.4 Å². The number of carbonyl (C=O) groups excluding carboxylic acids is 2. The average molecular weight is 463 g/mol. The maximum Gasteiger partial charge on any atom is 0.285 e. The second-order valence-corrected chi connectivity index (χ2v) is 8.09. The summed E-state index contributed by atoms with van der Waals surface area (Å²) in [6.07, 6.45) is 1.69. The summed E-state index contributed by atoms with van der Waals surface area (Å²) in [5, 5.41) is 1.34. The Morgan fingerprint density at radius 1 is 1.17 bits per heavy atom. The van der Waals surface area contributed by atoms with Crippen LogP contribution in [-0.2, 0) is 4.79 Å². The molecule has 6 nitrogen and oxygen atoms in total. The minimum absolute atomic E-state index is 0.225. The number of thioether (sulfide) groups is 1. The average Bonchev–Trinajstić information content (AvgIpc) is 2.98. The summed E-state index contributed by atoms with van der Waals surface area (Å²) >= 11 is 12.4. The van der Waals surface area contributed by atoms with E-state index in [1.165, 1.54) is 0 Å². The minimum Gasteiger partial charge on any atom is -0.490 e. The molecule has 0 atom stereocenters. The van der Waals surface area contributed by atoms with Crippen LogP contribution < -0.4 is 14.9 Å². The largest absolute Gasteiger partial charge is 0.490 e. The van der Waals surface area contributed by atoms with Gasteiger partial charge in [-0.25, -0.2) is 0 Å². The Morgan fingerprint density at radius 2 is 1.87 bits per heavy atom. The van der Waals surface area contributed by atoms with E-state index in [1.807, 2.05) is 19.9 Å². The van der Waals surface area contributed by atoms with Crippen LogP contribution in [0, 0.1) is 0 Å². The number of halogens is 1. The van der Waals surface area contributed by atoms with Crippen LogP contribution in [0.1, 0.15) is 29.8 Å². The number of carbonyl (C=O) groups is 2. The summed E-state index contributed by atoms with van der Waals surface area (Å²) in [6, 6.07) is 12.0. The number of amides is 2. The molecule has 0 aliphatic carbocycles. The topological polar surface area (TPSA) is 67.9 Å². The molecule has 0 saturated carbocycles. The number of nitrogens with one attached hydrogen (secondary N) is 1. The fourth-order valence-corrected chi connectivity index (χ4v) is 4.08. The molecule has 30 heavy (non-hydrogen) atoms. The van der Waals surface area contributed by atoms with Gasteiger partial charge in [0.2, 0.25) is 0 Å². The lowest BCUT2D eigenvalue weighted by molar-refractivity contribution is -0.123. The number of rotatable bonds is 7. The molecule has 9 heteroatoms. The molecular weight excluding hydrogens is 444 g/mol. The zero-order chi connectivity index (χ0) is 21.7. The van der Waals surface area contributed by atoms with Crippen molar-refractivity contribution in [1.29, 1.82) is 0 Å². The molecular formula is C21H19ClN2O4S2. The Labute approximate surface area is 189 Å². The van der Waals surface area contributed by atoms with Gasteiger partial charge in [0.1, 0.15) is 0 Å². The fourth-order valence-electron chi connectivity index (χ4n) is 2.68. The lowest BCUT2D eigenvalue weighted by Crippen LogP contribution is -2.44. The van der Waals surface area contributed by atoms with Crippen LogP contribution in [0.4, 0.5) is 0 Å². The highest BCUT2D eigenvalue weighted by Gasteiger charge is 2.34. The Morgan fingerprint density at radius 3 is 2.57 bits per heavy atom. The Kier molecular flexibility index (Phi) is 7.36. The van der Waals surface area contributed by atoms with Crippen LogP contribution in [-0.4, -0.2) is 34.4 Å². The van der Waals surface area contributed by atoms with E-state index in [9.17, 15) is 9.59 Å². The normalized spacial score (nSPS) is 14.9. The van der Waals surface area contributed by atoms with Crippen molar-refractivity contribution in [3.8, 4) is 11.5 Å². The van der Waals surface area contributed by atoms with Gasteiger partial charge in [-0.3, -0.25) is 15.0 Å². The van der Waals surface area contributed by atoms with Gasteiger partial charge in [0, 0.05) is 0 Å². The minimum atomic E-state index is -0.516. The summed E-state index contributed by atoms with van der Waals surface area (Å²) in [4.78, 5) is 25.7. The Hall–Kier alpha value is -2.55. The molecule has 1 N–H and O–H groups in total. The van der Waals surface area contributed by atoms with E-state index < -0.39 is 11.8 Å². The van der Waals surface area contributed by atoms with Crippen molar-refractivity contribution in [3.05, 3.63) is 63.5 Å². The van der Waals surface area contributed by atoms with E-state index in [4.69, 9.17) is 33.3 Å². The second kappa shape index (κ2) is 9.97. The zero-order valence-corrected chi connectivity index (χ0v) is 18.7. The van der Waals surface area contributed by atoms with Gasteiger partial charge >= 0.3 is 0 Å². The monoisotopic (exact) mass is 462 g/mol. The Bertz CT molecular complexity index is 1030. The summed E-state index contributed by atoms with van der Waals surface area (Å²) in [5.41, 5.74) is 3.53. The Balaban J connectivity index is 1.80. The van der Waals surface area contributed by atoms with E-state index >= 15 is 0 Å². The van der Waals surface area contributed by atoms with Gasteiger partial charge in [-0.15, -0.1) is 0 Å². The van der Waals surface area contributed by atoms with Crippen LogP contribution >= 0.6 is 35.6 Å². The molecule has 0 spiro atoms. The molecule has 0 aromatic heterocycles. The van der Waals surface area contributed by atoms with E-state index in [1.54, 1.807) is 42.5 Å². The summed E-state index contributed by atoms with van der Waals surface area (Å²) in [6.45, 7) is 4.78. The number of hydrogen-bond acceptors (Lipinski definition) is 6. The molecule has 0 bridgehead atoms. The quantitative estimate of drug-likeness (QED) is 0.476. The van der Waals surface area contributed by atoms with Crippen LogP contribution in [0.3, 0.4) is 0 Å². The number of benzene rings is 2. The van der Waals surface area contributed by atoms with Gasteiger partial charge in [0.15, 0.2) is 15.8 Å². The van der Waals surface area contributed by atoms with Crippen molar-refractivity contribution in [2.75, 3.05) is 13.2 Å². The van der Waals surface area contributed by atoms with E-state index in [0.717, 1.165) is 22.3 Å². The maximum absolute atomic E-state index is 12.8. The molecule has 3 rings (SSSR count). The summed E-state index contributed by atoms with van der Waals surface area (Å²) < 4.78 is 11.4. The first-order chi connectivity index (χ1) is 14.4. The van der Waals surface area contributed by atoms with Crippen molar-refractivity contribution in [3.63, 3.8) is 0 Å². The predicted octanol–water partition coefficient (Wildman–Crippen LogP) is 4.68. The molecule has 1 aliphatic heterocycles. The van der Waals surface area contributed by atoms with Gasteiger partial charge in [-0.1, -0.05) is 41.6 Å². The van der Waals surface area contributed by atoms with E-state index in [2.05, 4.69) is 5.43 Å². The van der Waals surface area contributed by atoms with Crippen LogP contribution in [0.2, 0.25) is 5.02 Å². The second-order valence-electron chi connectivity index (χ2n) is 6.01. The molecule has 1 aliphatic rings. The molecule has 2 aromatic rings. The van der Waals surface area contributed by atoms with Crippen molar-refractivity contribution >= 4 is 57.8 Å². The van der Waals surface area contributed by atoms with Crippen molar-refractivity contribution in [2.45, 2.75) is 13.8 Å². The summed E-state index contributed by atoms with van der Waals surface area (Å²) in [5.74, 6) is 0.293. The van der Waals surface area contributed by atoms with Gasteiger partial charge in [-0.05, 0) is 62.0 Å². The molecule has 2 aromatic carbocycles. The number of hydrazine groups is 1. The van der Waals surface area contributed by atoms with Gasteiger partial charge in [0.05, 0.1) is 28.7 Å². The molecule has 1 heterocycles. The molecule has 2 amide bonds. The first-order valence-corrected chi connectivity index (χ1v) is 10.8. The number of thiocarbonyl (C=S) groups is 1. The van der Waals surface area contributed by atoms with E-state index in [0.29, 0.717) is 29.6 Å². The maximum atomic E-state index is 12.8. The third kappa shape index (κ3) is 4.95. The first kappa shape index (κ1) is 22.1. The van der Waals surface area contributed by atoms with Gasteiger partial charge in [0.25, 0.3) is 11.8 Å². The third-order valence-electron chi connectivity index (χ3n) is 3.99. The number of hydrogen-bond donors (Lipinski definition) is 1. The molecule has 156 valence electrons. The SMILES string of the molecule is CCOc1ccc(/C=C2\SC(=S)N(NC(=O)c3ccccc3Cl)C2=O)cc1OCC. The molecule has 0 radical (unpaired) electrons. The summed E-state index contributed by atoms with van der Waals surface area (Å²) in [7, 11) is 0. The highest BCUT2D eigenvalue weighted by atomic mass is 35.5. The lowest BCUT2D eigenvalue weighted by Gasteiger charge is -2.16.